The monoisotopic (exact) mass is 253 g/mol. The minimum Gasteiger partial charge on any atom is -0.466 e. The molecule has 1 rings (SSSR count). The number of nitro benzene ring substituents is 1. The summed E-state index contributed by atoms with van der Waals surface area (Å²) in [5, 5.41) is 10.8. The van der Waals surface area contributed by atoms with Gasteiger partial charge in [0.05, 0.1) is 17.6 Å². The van der Waals surface area contributed by atoms with Crippen molar-refractivity contribution in [1.82, 2.24) is 0 Å². The van der Waals surface area contributed by atoms with Gasteiger partial charge in [0, 0.05) is 17.4 Å². The zero-order chi connectivity index (χ0) is 12.8. The van der Waals surface area contributed by atoms with Gasteiger partial charge in [-0.15, -0.1) is 0 Å². The number of hydrogen-bond acceptors (Lipinski definition) is 5. The quantitative estimate of drug-likeness (QED) is 0.293. The molecule has 17 heavy (non-hydrogen) atoms. The van der Waals surface area contributed by atoms with Gasteiger partial charge in [-0.05, 0) is 12.1 Å². The Kier molecular flexibility index (Phi) is 4.71. The number of hydrogen-bond donors (Lipinski definition) is 1. The van der Waals surface area contributed by atoms with Gasteiger partial charge in [-0.1, -0.05) is 12.1 Å². The van der Waals surface area contributed by atoms with Gasteiger partial charge in [-0.3, -0.25) is 10.1 Å². The third-order valence-electron chi connectivity index (χ3n) is 2.08. The Morgan fingerprint density at radius 1 is 1.53 bits per heavy atom. The van der Waals surface area contributed by atoms with E-state index in [9.17, 15) is 14.9 Å². The molecular weight excluding hydrogens is 242 g/mol. The summed E-state index contributed by atoms with van der Waals surface area (Å²) in [6.07, 6.45) is 1.41. The van der Waals surface area contributed by atoms with Gasteiger partial charge in [0.2, 0.25) is 0 Å². The highest BCUT2D eigenvalue weighted by molar-refractivity contribution is 7.80. The summed E-state index contributed by atoms with van der Waals surface area (Å²) in [5.74, 6) is -0.392. The summed E-state index contributed by atoms with van der Waals surface area (Å²) in [7, 11) is 1.25. The van der Waals surface area contributed by atoms with Crippen LogP contribution in [0.2, 0.25) is 0 Å². The average molecular weight is 253 g/mol. The van der Waals surface area contributed by atoms with Crippen molar-refractivity contribution in [3.63, 3.8) is 0 Å². The fourth-order valence-electron chi connectivity index (χ4n) is 1.26. The van der Waals surface area contributed by atoms with Crippen LogP contribution in [0.15, 0.2) is 29.8 Å². The normalized spacial score (nSPS) is 11.1. The summed E-state index contributed by atoms with van der Waals surface area (Å²) in [4.78, 5) is 21.6. The Morgan fingerprint density at radius 2 is 2.18 bits per heavy atom. The highest BCUT2D eigenvalue weighted by Crippen LogP contribution is 2.21. The summed E-state index contributed by atoms with van der Waals surface area (Å²) < 4.78 is 4.55. The predicted molar refractivity (Wildman–Crippen MR) is 66.9 cm³/mol. The molecule has 0 saturated carbocycles. The zero-order valence-corrected chi connectivity index (χ0v) is 10.0. The molecule has 6 heteroatoms. The highest BCUT2D eigenvalue weighted by Gasteiger charge is 2.14. The second-order valence-electron chi connectivity index (χ2n) is 3.14. The molecule has 0 atom stereocenters. The number of rotatable bonds is 4. The second-order valence-corrected chi connectivity index (χ2v) is 3.45. The third kappa shape index (κ3) is 3.32. The molecule has 0 heterocycles. The van der Waals surface area contributed by atoms with Crippen LogP contribution < -0.4 is 0 Å². The summed E-state index contributed by atoms with van der Waals surface area (Å²) in [6, 6.07) is 6.16. The number of para-hydroxylation sites is 1. The largest absolute Gasteiger partial charge is 0.466 e. The molecule has 0 amide bonds. The van der Waals surface area contributed by atoms with Crippen molar-refractivity contribution in [2.24, 2.45) is 0 Å². The van der Waals surface area contributed by atoms with Gasteiger partial charge in [-0.25, -0.2) is 4.79 Å². The van der Waals surface area contributed by atoms with E-state index < -0.39 is 10.9 Å². The summed E-state index contributed by atoms with van der Waals surface area (Å²) in [6.45, 7) is 0. The van der Waals surface area contributed by atoms with Crippen LogP contribution >= 0.6 is 12.6 Å². The smallest absolute Gasteiger partial charge is 0.334 e. The summed E-state index contributed by atoms with van der Waals surface area (Å²) >= 11 is 3.99. The van der Waals surface area contributed by atoms with Gasteiger partial charge < -0.3 is 4.74 Å². The van der Waals surface area contributed by atoms with Crippen molar-refractivity contribution in [2.45, 2.75) is 0 Å². The second kappa shape index (κ2) is 6.05. The average Bonchev–Trinajstić information content (AvgIpc) is 2.35. The lowest BCUT2D eigenvalue weighted by molar-refractivity contribution is -0.385. The Labute approximate surface area is 104 Å². The molecule has 0 aliphatic heterocycles. The SMILES string of the molecule is COC(=O)/C(=C/c1ccccc1[N+](=O)[O-])CS. The Hall–Kier alpha value is -1.82. The third-order valence-corrected chi connectivity index (χ3v) is 2.42. The van der Waals surface area contributed by atoms with E-state index in [-0.39, 0.29) is 17.0 Å². The Morgan fingerprint density at radius 3 is 2.71 bits per heavy atom. The number of thiol groups is 1. The minimum atomic E-state index is -0.543. The minimum absolute atomic E-state index is 0.0595. The van der Waals surface area contributed by atoms with Crippen molar-refractivity contribution in [1.29, 1.82) is 0 Å². The molecule has 0 aromatic heterocycles. The molecule has 0 unspecified atom stereocenters. The Bertz CT molecular complexity index is 470. The van der Waals surface area contributed by atoms with Crippen molar-refractivity contribution >= 4 is 30.4 Å². The van der Waals surface area contributed by atoms with Crippen LogP contribution in [-0.4, -0.2) is 23.8 Å². The topological polar surface area (TPSA) is 69.4 Å². The number of methoxy groups -OCH3 is 1. The van der Waals surface area contributed by atoms with Gasteiger partial charge in [-0.2, -0.15) is 12.6 Å². The predicted octanol–water partition coefficient (Wildman–Crippen LogP) is 2.08. The van der Waals surface area contributed by atoms with Gasteiger partial charge in [0.15, 0.2) is 0 Å². The van der Waals surface area contributed by atoms with E-state index in [0.717, 1.165) is 0 Å². The number of carbonyl (C=O) groups is 1. The van der Waals surface area contributed by atoms with Crippen molar-refractivity contribution in [3.05, 3.63) is 45.5 Å². The van der Waals surface area contributed by atoms with E-state index in [1.807, 2.05) is 0 Å². The maximum atomic E-state index is 11.3. The summed E-state index contributed by atoms with van der Waals surface area (Å²) in [5.41, 5.74) is 0.563. The van der Waals surface area contributed by atoms with E-state index in [0.29, 0.717) is 5.56 Å². The number of carbonyl (C=O) groups excluding carboxylic acids is 1. The molecule has 90 valence electrons. The van der Waals surface area contributed by atoms with Crippen molar-refractivity contribution in [3.8, 4) is 0 Å². The molecule has 1 aromatic rings. The van der Waals surface area contributed by atoms with Crippen LogP contribution in [0.5, 0.6) is 0 Å². The standard InChI is InChI=1S/C11H11NO4S/c1-16-11(13)9(7-17)6-8-4-2-3-5-10(8)12(14)15/h2-6,17H,7H2,1H3/b9-6+. The van der Waals surface area contributed by atoms with E-state index >= 15 is 0 Å². The molecule has 0 bridgehead atoms. The molecule has 0 spiro atoms. The number of benzene rings is 1. The maximum absolute atomic E-state index is 11.3. The maximum Gasteiger partial charge on any atom is 0.334 e. The first-order chi connectivity index (χ1) is 8.10. The number of ether oxygens (including phenoxy) is 1. The first-order valence-corrected chi connectivity index (χ1v) is 5.36. The molecule has 0 radical (unpaired) electrons. The van der Waals surface area contributed by atoms with Crippen LogP contribution in [0, 0.1) is 10.1 Å². The molecule has 0 saturated heterocycles. The van der Waals surface area contributed by atoms with Crippen molar-refractivity contribution < 1.29 is 14.5 Å². The molecule has 0 aliphatic rings. The lowest BCUT2D eigenvalue weighted by Gasteiger charge is -2.02. The lowest BCUT2D eigenvalue weighted by atomic mass is 10.1. The molecule has 5 nitrogen and oxygen atoms in total. The molecule has 0 aliphatic carbocycles. The van der Waals surface area contributed by atoms with Crippen LogP contribution in [0.3, 0.4) is 0 Å². The van der Waals surface area contributed by atoms with Crippen molar-refractivity contribution in [2.75, 3.05) is 12.9 Å². The Balaban J connectivity index is 3.20. The van der Waals surface area contributed by atoms with Gasteiger partial charge in [0.25, 0.3) is 5.69 Å². The number of nitrogens with zero attached hydrogens (tertiary/aromatic N) is 1. The molecule has 0 fully saturated rings. The molecule has 0 N–H and O–H groups in total. The number of esters is 1. The van der Waals surface area contributed by atoms with E-state index in [1.165, 1.54) is 19.3 Å². The van der Waals surface area contributed by atoms with Crippen LogP contribution in [0.1, 0.15) is 5.56 Å². The molecular formula is C11H11NO4S. The fraction of sp³-hybridized carbons (Fsp3) is 0.182. The fourth-order valence-corrected chi connectivity index (χ4v) is 1.48. The van der Waals surface area contributed by atoms with E-state index in [4.69, 9.17) is 0 Å². The van der Waals surface area contributed by atoms with E-state index in [1.54, 1.807) is 18.2 Å². The van der Waals surface area contributed by atoms with Gasteiger partial charge >= 0.3 is 5.97 Å². The molecule has 1 aromatic carbocycles. The van der Waals surface area contributed by atoms with Crippen LogP contribution in [0.4, 0.5) is 5.69 Å². The lowest BCUT2D eigenvalue weighted by Crippen LogP contribution is -2.06. The first-order valence-electron chi connectivity index (χ1n) is 4.73. The number of nitro groups is 1. The van der Waals surface area contributed by atoms with Crippen LogP contribution in [0.25, 0.3) is 6.08 Å². The van der Waals surface area contributed by atoms with E-state index in [2.05, 4.69) is 17.4 Å². The van der Waals surface area contributed by atoms with Gasteiger partial charge in [0.1, 0.15) is 0 Å². The highest BCUT2D eigenvalue weighted by atomic mass is 32.1. The zero-order valence-electron chi connectivity index (χ0n) is 9.12. The first kappa shape index (κ1) is 13.2. The van der Waals surface area contributed by atoms with Crippen LogP contribution in [-0.2, 0) is 9.53 Å².